The Bertz CT molecular complexity index is 650. The average Bonchev–Trinajstić information content (AvgIpc) is 2.49. The number of benzene rings is 2. The Kier molecular flexibility index (Phi) is 3.93. The van der Waals surface area contributed by atoms with E-state index in [-0.39, 0.29) is 5.75 Å². The second-order valence-electron chi connectivity index (χ2n) is 5.57. The Morgan fingerprint density at radius 1 is 1.10 bits per heavy atom. The Labute approximate surface area is 124 Å². The molecule has 110 valence electrons. The molecule has 1 N–H and O–H groups in total. The van der Waals surface area contributed by atoms with Gasteiger partial charge < -0.3 is 9.84 Å². The lowest BCUT2D eigenvalue weighted by atomic mass is 9.92. The van der Waals surface area contributed by atoms with Crippen LogP contribution in [0.2, 0.25) is 0 Å². The zero-order valence-electron chi connectivity index (χ0n) is 12.1. The predicted octanol–water partition coefficient (Wildman–Crippen LogP) is 4.55. The molecule has 0 spiro atoms. The highest BCUT2D eigenvalue weighted by molar-refractivity contribution is 5.43. The van der Waals surface area contributed by atoms with Crippen molar-refractivity contribution in [2.75, 3.05) is 0 Å². The van der Waals surface area contributed by atoms with E-state index in [0.29, 0.717) is 11.3 Å². The maximum absolute atomic E-state index is 14.0. The van der Waals surface area contributed by atoms with Gasteiger partial charge in [-0.3, -0.25) is 0 Å². The van der Waals surface area contributed by atoms with Gasteiger partial charge in [0.1, 0.15) is 5.75 Å². The minimum absolute atomic E-state index is 0.114. The van der Waals surface area contributed by atoms with E-state index in [1.807, 2.05) is 12.1 Å². The summed E-state index contributed by atoms with van der Waals surface area (Å²) in [7, 11) is 0. The van der Waals surface area contributed by atoms with Crippen molar-refractivity contribution in [3.8, 4) is 11.5 Å². The molecule has 0 radical (unpaired) electrons. The smallest absolute Gasteiger partial charge is 0.168 e. The predicted molar refractivity (Wildman–Crippen MR) is 80.2 cm³/mol. The molecule has 21 heavy (non-hydrogen) atoms. The minimum Gasteiger partial charge on any atom is -0.454 e. The molecule has 1 unspecified atom stereocenters. The Balaban J connectivity index is 1.94. The summed E-state index contributed by atoms with van der Waals surface area (Å²) in [5.41, 5.74) is 3.11. The van der Waals surface area contributed by atoms with Crippen molar-refractivity contribution in [3.63, 3.8) is 0 Å². The van der Waals surface area contributed by atoms with Gasteiger partial charge in [0.2, 0.25) is 0 Å². The lowest BCUT2D eigenvalue weighted by molar-refractivity contribution is 0.194. The molecule has 2 aromatic rings. The van der Waals surface area contributed by atoms with E-state index in [1.165, 1.54) is 30.0 Å². The zero-order chi connectivity index (χ0) is 14.8. The third-order valence-corrected chi connectivity index (χ3v) is 3.99. The van der Waals surface area contributed by atoms with Crippen LogP contribution >= 0.6 is 0 Å². The van der Waals surface area contributed by atoms with E-state index in [4.69, 9.17) is 4.74 Å². The first-order valence-corrected chi connectivity index (χ1v) is 7.41. The third kappa shape index (κ3) is 2.93. The highest BCUT2D eigenvalue weighted by atomic mass is 19.1. The molecule has 0 heterocycles. The minimum atomic E-state index is -0.770. The summed E-state index contributed by atoms with van der Waals surface area (Å²) in [4.78, 5) is 0. The first kappa shape index (κ1) is 14.1. The van der Waals surface area contributed by atoms with Crippen LogP contribution < -0.4 is 4.74 Å². The van der Waals surface area contributed by atoms with E-state index in [9.17, 15) is 9.50 Å². The second-order valence-corrected chi connectivity index (χ2v) is 5.57. The summed E-state index contributed by atoms with van der Waals surface area (Å²) in [6.07, 6.45) is 3.80. The van der Waals surface area contributed by atoms with Crippen LogP contribution in [0.1, 0.15) is 42.6 Å². The number of aliphatic hydroxyl groups excluding tert-OH is 1. The van der Waals surface area contributed by atoms with Crippen LogP contribution in [0.3, 0.4) is 0 Å². The van der Waals surface area contributed by atoms with Crippen molar-refractivity contribution < 1.29 is 14.2 Å². The Hall–Kier alpha value is -1.87. The van der Waals surface area contributed by atoms with Crippen molar-refractivity contribution in [3.05, 3.63) is 58.9 Å². The SMILES string of the molecule is CC(O)c1cccc(F)c1Oc1ccc2c(c1)CCCC2. The average molecular weight is 286 g/mol. The molecule has 0 bridgehead atoms. The first-order chi connectivity index (χ1) is 10.1. The van der Waals surface area contributed by atoms with Gasteiger partial charge in [-0.2, -0.15) is 0 Å². The van der Waals surface area contributed by atoms with Crippen LogP contribution in [0.4, 0.5) is 4.39 Å². The molecule has 3 heteroatoms. The van der Waals surface area contributed by atoms with Gasteiger partial charge in [0.15, 0.2) is 11.6 Å². The maximum Gasteiger partial charge on any atom is 0.168 e. The van der Waals surface area contributed by atoms with Crippen molar-refractivity contribution in [2.24, 2.45) is 0 Å². The van der Waals surface area contributed by atoms with Crippen LogP contribution in [0.25, 0.3) is 0 Å². The van der Waals surface area contributed by atoms with Gasteiger partial charge in [-0.1, -0.05) is 18.2 Å². The fraction of sp³-hybridized carbons (Fsp3) is 0.333. The quantitative estimate of drug-likeness (QED) is 0.897. The van der Waals surface area contributed by atoms with E-state index in [0.717, 1.165) is 12.8 Å². The number of ether oxygens (including phenoxy) is 1. The number of rotatable bonds is 3. The molecule has 0 amide bonds. The molecule has 1 aliphatic rings. The van der Waals surface area contributed by atoms with Crippen LogP contribution in [0.15, 0.2) is 36.4 Å². The van der Waals surface area contributed by atoms with E-state index in [1.54, 1.807) is 19.1 Å². The highest BCUT2D eigenvalue weighted by Gasteiger charge is 2.16. The number of halogens is 1. The number of aliphatic hydroxyl groups is 1. The van der Waals surface area contributed by atoms with Gasteiger partial charge in [0.05, 0.1) is 6.10 Å². The lowest BCUT2D eigenvalue weighted by Gasteiger charge is -2.18. The van der Waals surface area contributed by atoms with E-state index < -0.39 is 11.9 Å². The topological polar surface area (TPSA) is 29.5 Å². The largest absolute Gasteiger partial charge is 0.454 e. The van der Waals surface area contributed by atoms with E-state index >= 15 is 0 Å². The van der Waals surface area contributed by atoms with E-state index in [2.05, 4.69) is 6.07 Å². The van der Waals surface area contributed by atoms with Crippen LogP contribution in [0.5, 0.6) is 11.5 Å². The monoisotopic (exact) mass is 286 g/mol. The summed E-state index contributed by atoms with van der Waals surface area (Å²) in [6.45, 7) is 1.61. The third-order valence-electron chi connectivity index (χ3n) is 3.99. The molecular weight excluding hydrogens is 267 g/mol. The Morgan fingerprint density at radius 2 is 1.86 bits per heavy atom. The van der Waals surface area contributed by atoms with Gasteiger partial charge >= 0.3 is 0 Å². The standard InChI is InChI=1S/C18H19FO2/c1-12(20)16-7-4-8-17(19)18(16)21-15-10-9-13-5-2-3-6-14(13)11-15/h4,7-12,20H,2-3,5-6H2,1H3. The summed E-state index contributed by atoms with van der Waals surface area (Å²) in [5, 5.41) is 9.75. The molecule has 0 fully saturated rings. The first-order valence-electron chi connectivity index (χ1n) is 7.41. The van der Waals surface area contributed by atoms with Gasteiger partial charge in [-0.15, -0.1) is 0 Å². The normalized spacial score (nSPS) is 15.4. The lowest BCUT2D eigenvalue weighted by Crippen LogP contribution is -2.03. The molecule has 1 atom stereocenters. The van der Waals surface area contributed by atoms with Crippen LogP contribution in [-0.2, 0) is 12.8 Å². The second kappa shape index (κ2) is 5.86. The number of aryl methyl sites for hydroxylation is 2. The van der Waals surface area contributed by atoms with Crippen molar-refractivity contribution >= 4 is 0 Å². The van der Waals surface area contributed by atoms with Crippen molar-refractivity contribution in [1.29, 1.82) is 0 Å². The summed E-state index contributed by atoms with van der Waals surface area (Å²) in [5.74, 6) is 0.289. The summed E-state index contributed by atoms with van der Waals surface area (Å²) >= 11 is 0. The van der Waals surface area contributed by atoms with Gasteiger partial charge in [0, 0.05) is 5.56 Å². The summed E-state index contributed by atoms with van der Waals surface area (Å²) < 4.78 is 19.7. The molecule has 0 saturated heterocycles. The molecule has 2 nitrogen and oxygen atoms in total. The fourth-order valence-corrected chi connectivity index (χ4v) is 2.85. The summed E-state index contributed by atoms with van der Waals surface area (Å²) in [6, 6.07) is 10.5. The van der Waals surface area contributed by atoms with Gasteiger partial charge in [0.25, 0.3) is 0 Å². The number of hydrogen-bond acceptors (Lipinski definition) is 2. The number of para-hydroxylation sites is 1. The van der Waals surface area contributed by atoms with Crippen molar-refractivity contribution in [2.45, 2.75) is 38.7 Å². The molecule has 3 rings (SSSR count). The number of hydrogen-bond donors (Lipinski definition) is 1. The number of fused-ring (bicyclic) bond motifs is 1. The fourth-order valence-electron chi connectivity index (χ4n) is 2.85. The highest BCUT2D eigenvalue weighted by Crippen LogP contribution is 2.34. The van der Waals surface area contributed by atoms with Crippen molar-refractivity contribution in [1.82, 2.24) is 0 Å². The molecule has 0 saturated carbocycles. The molecule has 2 aromatic carbocycles. The Morgan fingerprint density at radius 3 is 2.62 bits per heavy atom. The van der Waals surface area contributed by atoms with Gasteiger partial charge in [-0.05, 0) is 61.9 Å². The molecular formula is C18H19FO2. The molecule has 0 aromatic heterocycles. The maximum atomic E-state index is 14.0. The zero-order valence-corrected chi connectivity index (χ0v) is 12.1. The molecule has 1 aliphatic carbocycles. The molecule has 0 aliphatic heterocycles. The van der Waals surface area contributed by atoms with Crippen LogP contribution in [-0.4, -0.2) is 5.11 Å². The van der Waals surface area contributed by atoms with Gasteiger partial charge in [-0.25, -0.2) is 4.39 Å². The van der Waals surface area contributed by atoms with Crippen LogP contribution in [0, 0.1) is 5.82 Å².